The van der Waals surface area contributed by atoms with E-state index in [0.29, 0.717) is 18.7 Å². The number of rotatable bonds is 6. The zero-order chi connectivity index (χ0) is 16.8. The minimum atomic E-state index is -0.131. The average molecular weight is 366 g/mol. The smallest absolute Gasteiger partial charge is 0.258 e. The Morgan fingerprint density at radius 1 is 1.24 bits per heavy atom. The molecule has 1 fully saturated rings. The lowest BCUT2D eigenvalue weighted by Crippen LogP contribution is -2.32. The highest BCUT2D eigenvalue weighted by Gasteiger charge is 2.21. The van der Waals surface area contributed by atoms with Crippen LogP contribution in [0.5, 0.6) is 5.75 Å². The molecular formula is C18H24ClN3O3. The van der Waals surface area contributed by atoms with Gasteiger partial charge in [0.05, 0.1) is 0 Å². The van der Waals surface area contributed by atoms with E-state index < -0.39 is 0 Å². The number of anilines is 1. The standard InChI is InChI=1S/C18H23N3O3.ClH/c22-17(20-12-14-7-9-19-10-8-14)13-24-16-5-3-15(4-6-16)21-11-1-2-18(21)23;/h3-7,19H,1-2,8-13H2,(H,20,22);1H. The van der Waals surface area contributed by atoms with Crippen LogP contribution < -0.4 is 20.3 Å². The first-order valence-electron chi connectivity index (χ1n) is 8.41. The SMILES string of the molecule is Cl.O=C(COc1ccc(N2CCCC2=O)cc1)NCC1=CCNCC1. The van der Waals surface area contributed by atoms with Gasteiger partial charge in [0.15, 0.2) is 6.61 Å². The van der Waals surface area contributed by atoms with Crippen LogP contribution in [0.2, 0.25) is 0 Å². The zero-order valence-electron chi connectivity index (χ0n) is 14.1. The van der Waals surface area contributed by atoms with Gasteiger partial charge >= 0.3 is 0 Å². The molecule has 2 heterocycles. The molecule has 1 aromatic carbocycles. The lowest BCUT2D eigenvalue weighted by Gasteiger charge is -2.16. The van der Waals surface area contributed by atoms with E-state index in [4.69, 9.17) is 4.74 Å². The molecule has 3 rings (SSSR count). The molecule has 2 amide bonds. The van der Waals surface area contributed by atoms with Gasteiger partial charge < -0.3 is 20.3 Å². The van der Waals surface area contributed by atoms with Crippen molar-refractivity contribution in [3.8, 4) is 5.75 Å². The third-order valence-electron chi connectivity index (χ3n) is 4.26. The monoisotopic (exact) mass is 365 g/mol. The highest BCUT2D eigenvalue weighted by atomic mass is 35.5. The van der Waals surface area contributed by atoms with Crippen molar-refractivity contribution in [2.45, 2.75) is 19.3 Å². The average Bonchev–Trinajstić information content (AvgIpc) is 3.05. The Morgan fingerprint density at radius 2 is 2.04 bits per heavy atom. The van der Waals surface area contributed by atoms with Crippen LogP contribution >= 0.6 is 12.4 Å². The Kier molecular flexibility index (Phi) is 7.28. The van der Waals surface area contributed by atoms with Gasteiger partial charge in [-0.25, -0.2) is 0 Å². The van der Waals surface area contributed by atoms with Crippen molar-refractivity contribution in [3.63, 3.8) is 0 Å². The molecule has 25 heavy (non-hydrogen) atoms. The Labute approximate surface area is 154 Å². The molecule has 0 bridgehead atoms. The predicted octanol–water partition coefficient (Wildman–Crippen LogP) is 1.65. The number of hydrogen-bond acceptors (Lipinski definition) is 4. The molecule has 0 saturated carbocycles. The van der Waals surface area contributed by atoms with Crippen molar-refractivity contribution in [2.75, 3.05) is 37.7 Å². The van der Waals surface area contributed by atoms with Crippen molar-refractivity contribution in [3.05, 3.63) is 35.9 Å². The number of ether oxygens (including phenoxy) is 1. The second-order valence-corrected chi connectivity index (χ2v) is 6.02. The van der Waals surface area contributed by atoms with Gasteiger partial charge in [-0.1, -0.05) is 11.6 Å². The summed E-state index contributed by atoms with van der Waals surface area (Å²) in [6.07, 6.45) is 4.61. The molecule has 2 aliphatic heterocycles. The molecule has 0 unspecified atom stereocenters. The molecule has 1 aromatic rings. The van der Waals surface area contributed by atoms with Gasteiger partial charge in [0.25, 0.3) is 5.91 Å². The van der Waals surface area contributed by atoms with Gasteiger partial charge in [-0.05, 0) is 43.7 Å². The summed E-state index contributed by atoms with van der Waals surface area (Å²) in [6.45, 7) is 3.18. The third kappa shape index (κ3) is 5.47. The van der Waals surface area contributed by atoms with E-state index in [2.05, 4.69) is 16.7 Å². The van der Waals surface area contributed by atoms with Crippen molar-refractivity contribution < 1.29 is 14.3 Å². The fourth-order valence-electron chi connectivity index (χ4n) is 2.89. The van der Waals surface area contributed by atoms with Gasteiger partial charge in [0, 0.05) is 31.7 Å². The number of nitrogens with zero attached hydrogens (tertiary/aromatic N) is 1. The largest absolute Gasteiger partial charge is 0.484 e. The summed E-state index contributed by atoms with van der Waals surface area (Å²) in [5, 5.41) is 6.11. The second kappa shape index (κ2) is 9.44. The molecule has 7 heteroatoms. The van der Waals surface area contributed by atoms with Gasteiger partial charge in [-0.2, -0.15) is 0 Å². The maximum absolute atomic E-state index is 11.8. The summed E-state index contributed by atoms with van der Waals surface area (Å²) < 4.78 is 5.50. The predicted molar refractivity (Wildman–Crippen MR) is 99.4 cm³/mol. The second-order valence-electron chi connectivity index (χ2n) is 6.02. The molecule has 6 nitrogen and oxygen atoms in total. The van der Waals surface area contributed by atoms with Crippen LogP contribution in [0.25, 0.3) is 0 Å². The Morgan fingerprint density at radius 3 is 2.68 bits per heavy atom. The quantitative estimate of drug-likeness (QED) is 0.752. The molecule has 1 saturated heterocycles. The Balaban J connectivity index is 0.00000225. The van der Waals surface area contributed by atoms with Crippen molar-refractivity contribution in [1.82, 2.24) is 10.6 Å². The summed E-state index contributed by atoms with van der Waals surface area (Å²) in [6, 6.07) is 7.31. The highest BCUT2D eigenvalue weighted by Crippen LogP contribution is 2.23. The van der Waals surface area contributed by atoms with Crippen LogP contribution in [-0.2, 0) is 9.59 Å². The number of amides is 2. The molecule has 0 aromatic heterocycles. The van der Waals surface area contributed by atoms with Gasteiger partial charge in [-0.15, -0.1) is 12.4 Å². The number of halogens is 1. The van der Waals surface area contributed by atoms with E-state index in [1.165, 1.54) is 5.57 Å². The maximum Gasteiger partial charge on any atom is 0.258 e. The van der Waals surface area contributed by atoms with Crippen LogP contribution in [0.3, 0.4) is 0 Å². The van der Waals surface area contributed by atoms with Crippen molar-refractivity contribution >= 4 is 29.9 Å². The van der Waals surface area contributed by atoms with Gasteiger partial charge in [-0.3, -0.25) is 9.59 Å². The van der Waals surface area contributed by atoms with Crippen LogP contribution in [0.4, 0.5) is 5.69 Å². The summed E-state index contributed by atoms with van der Waals surface area (Å²) >= 11 is 0. The number of carbonyl (C=O) groups is 2. The number of hydrogen-bond donors (Lipinski definition) is 2. The fraction of sp³-hybridized carbons (Fsp3) is 0.444. The van der Waals surface area contributed by atoms with E-state index in [1.807, 2.05) is 12.1 Å². The zero-order valence-corrected chi connectivity index (χ0v) is 14.9. The van der Waals surface area contributed by atoms with Crippen LogP contribution in [0.15, 0.2) is 35.9 Å². The minimum Gasteiger partial charge on any atom is -0.484 e. The Bertz CT molecular complexity index is 631. The van der Waals surface area contributed by atoms with E-state index in [-0.39, 0.29) is 30.8 Å². The van der Waals surface area contributed by atoms with E-state index in [1.54, 1.807) is 17.0 Å². The molecule has 0 atom stereocenters. The first kappa shape index (κ1) is 19.3. The first-order valence-corrected chi connectivity index (χ1v) is 8.41. The molecule has 0 spiro atoms. The topological polar surface area (TPSA) is 70.7 Å². The van der Waals surface area contributed by atoms with Gasteiger partial charge in [0.1, 0.15) is 5.75 Å². The van der Waals surface area contributed by atoms with Crippen molar-refractivity contribution in [1.29, 1.82) is 0 Å². The van der Waals surface area contributed by atoms with Crippen LogP contribution in [-0.4, -0.2) is 44.6 Å². The lowest BCUT2D eigenvalue weighted by atomic mass is 10.1. The number of benzene rings is 1. The number of nitrogens with one attached hydrogen (secondary N) is 2. The summed E-state index contributed by atoms with van der Waals surface area (Å²) in [7, 11) is 0. The maximum atomic E-state index is 11.8. The molecule has 2 aliphatic rings. The van der Waals surface area contributed by atoms with Gasteiger partial charge in [0.2, 0.25) is 5.91 Å². The first-order chi connectivity index (χ1) is 11.7. The number of carbonyl (C=O) groups excluding carboxylic acids is 2. The highest BCUT2D eigenvalue weighted by molar-refractivity contribution is 5.95. The lowest BCUT2D eigenvalue weighted by molar-refractivity contribution is -0.123. The molecule has 0 radical (unpaired) electrons. The van der Waals surface area contributed by atoms with E-state index >= 15 is 0 Å². The summed E-state index contributed by atoms with van der Waals surface area (Å²) in [4.78, 5) is 25.3. The molecule has 136 valence electrons. The molecular weight excluding hydrogens is 342 g/mol. The van der Waals surface area contributed by atoms with E-state index in [9.17, 15) is 9.59 Å². The van der Waals surface area contributed by atoms with E-state index in [0.717, 1.165) is 38.2 Å². The van der Waals surface area contributed by atoms with Crippen molar-refractivity contribution in [2.24, 2.45) is 0 Å². The molecule has 2 N–H and O–H groups in total. The summed E-state index contributed by atoms with van der Waals surface area (Å²) in [5.41, 5.74) is 2.13. The minimum absolute atomic E-state index is 0. The summed E-state index contributed by atoms with van der Waals surface area (Å²) in [5.74, 6) is 0.658. The Hall–Kier alpha value is -2.05. The fourth-order valence-corrected chi connectivity index (χ4v) is 2.89. The third-order valence-corrected chi connectivity index (χ3v) is 4.26. The van der Waals surface area contributed by atoms with Crippen LogP contribution in [0, 0.1) is 0 Å². The van der Waals surface area contributed by atoms with Crippen LogP contribution in [0.1, 0.15) is 19.3 Å². The normalized spacial score (nSPS) is 16.9. The molecule has 0 aliphatic carbocycles.